The van der Waals surface area contributed by atoms with Crippen molar-refractivity contribution in [2.75, 3.05) is 12.4 Å². The Hall–Kier alpha value is -2.33. The van der Waals surface area contributed by atoms with E-state index in [9.17, 15) is 9.90 Å². The first-order chi connectivity index (χ1) is 10.1. The van der Waals surface area contributed by atoms with Crippen LogP contribution in [0.3, 0.4) is 0 Å². The second-order valence-electron chi connectivity index (χ2n) is 5.00. The van der Waals surface area contributed by atoms with Crippen LogP contribution >= 0.6 is 0 Å². The molecule has 0 spiro atoms. The third kappa shape index (κ3) is 3.83. The number of urea groups is 1. The molecule has 2 aromatic carbocycles. The number of nitrogens with zero attached hydrogens (tertiary/aromatic N) is 1. The summed E-state index contributed by atoms with van der Waals surface area (Å²) < 4.78 is 0. The Morgan fingerprint density at radius 3 is 2.14 bits per heavy atom. The number of likely N-dealkylation sites (N-methyl/N-ethyl adjacent to an activating group) is 1. The standard InChI is InChI=1S/C17H20N2O2/c1-13(16(20)14-9-5-3-6-10-14)19(2)17(21)18-15-11-7-4-8-12-15/h3-13,16,20H,1-2H3,(H,18,21)/t13-,16+/m0/s1. The van der Waals surface area contributed by atoms with Gasteiger partial charge in [-0.15, -0.1) is 0 Å². The summed E-state index contributed by atoms with van der Waals surface area (Å²) in [4.78, 5) is 13.7. The van der Waals surface area contributed by atoms with Crippen LogP contribution in [0.15, 0.2) is 60.7 Å². The highest BCUT2D eigenvalue weighted by atomic mass is 16.3. The van der Waals surface area contributed by atoms with Crippen LogP contribution in [0.1, 0.15) is 18.6 Å². The van der Waals surface area contributed by atoms with Crippen molar-refractivity contribution in [3.05, 3.63) is 66.2 Å². The Labute approximate surface area is 125 Å². The lowest BCUT2D eigenvalue weighted by Gasteiger charge is -2.29. The number of rotatable bonds is 4. The molecule has 110 valence electrons. The van der Waals surface area contributed by atoms with E-state index in [2.05, 4.69) is 5.32 Å². The first-order valence-corrected chi connectivity index (χ1v) is 6.91. The SMILES string of the molecule is C[C@@H]([C@@H](O)c1ccccc1)N(C)C(=O)Nc1ccccc1. The van der Waals surface area contributed by atoms with Crippen molar-refractivity contribution in [1.29, 1.82) is 0 Å². The molecule has 0 unspecified atom stereocenters. The summed E-state index contributed by atoms with van der Waals surface area (Å²) in [6, 6.07) is 18.0. The van der Waals surface area contributed by atoms with E-state index >= 15 is 0 Å². The van der Waals surface area contributed by atoms with Gasteiger partial charge in [-0.05, 0) is 24.6 Å². The molecule has 2 atom stereocenters. The molecule has 4 nitrogen and oxygen atoms in total. The third-order valence-electron chi connectivity index (χ3n) is 3.55. The van der Waals surface area contributed by atoms with Crippen molar-refractivity contribution >= 4 is 11.7 Å². The van der Waals surface area contributed by atoms with Gasteiger partial charge in [-0.1, -0.05) is 48.5 Å². The second kappa shape index (κ2) is 6.90. The highest BCUT2D eigenvalue weighted by Gasteiger charge is 2.23. The van der Waals surface area contributed by atoms with Crippen LogP contribution in [-0.2, 0) is 0 Å². The van der Waals surface area contributed by atoms with Gasteiger partial charge >= 0.3 is 6.03 Å². The number of aliphatic hydroxyl groups excluding tert-OH is 1. The van der Waals surface area contributed by atoms with E-state index in [-0.39, 0.29) is 12.1 Å². The predicted molar refractivity (Wildman–Crippen MR) is 84.1 cm³/mol. The van der Waals surface area contributed by atoms with Gasteiger partial charge in [-0.2, -0.15) is 0 Å². The minimum atomic E-state index is -0.724. The number of carbonyl (C=O) groups is 1. The van der Waals surface area contributed by atoms with E-state index in [1.54, 1.807) is 7.05 Å². The molecular formula is C17H20N2O2. The Bertz CT molecular complexity index is 572. The van der Waals surface area contributed by atoms with Crippen LogP contribution in [-0.4, -0.2) is 29.1 Å². The minimum Gasteiger partial charge on any atom is -0.386 e. The van der Waals surface area contributed by atoms with Crippen LogP contribution in [0.25, 0.3) is 0 Å². The summed E-state index contributed by atoms with van der Waals surface area (Å²) in [6.07, 6.45) is -0.724. The fourth-order valence-corrected chi connectivity index (χ4v) is 2.06. The van der Waals surface area contributed by atoms with Crippen molar-refractivity contribution < 1.29 is 9.90 Å². The number of anilines is 1. The molecule has 0 aliphatic heterocycles. The Balaban J connectivity index is 2.01. The number of nitrogens with one attached hydrogen (secondary N) is 1. The normalized spacial score (nSPS) is 13.3. The third-order valence-corrected chi connectivity index (χ3v) is 3.55. The highest BCUT2D eigenvalue weighted by molar-refractivity contribution is 5.89. The Morgan fingerprint density at radius 2 is 1.57 bits per heavy atom. The second-order valence-corrected chi connectivity index (χ2v) is 5.00. The van der Waals surface area contributed by atoms with Crippen LogP contribution in [0.4, 0.5) is 10.5 Å². The van der Waals surface area contributed by atoms with Gasteiger partial charge in [-0.25, -0.2) is 4.79 Å². The van der Waals surface area contributed by atoms with E-state index in [4.69, 9.17) is 0 Å². The smallest absolute Gasteiger partial charge is 0.321 e. The van der Waals surface area contributed by atoms with E-state index in [1.165, 1.54) is 4.90 Å². The van der Waals surface area contributed by atoms with Gasteiger partial charge in [0.15, 0.2) is 0 Å². The molecule has 21 heavy (non-hydrogen) atoms. The number of amides is 2. The summed E-state index contributed by atoms with van der Waals surface area (Å²) in [6.45, 7) is 1.82. The monoisotopic (exact) mass is 284 g/mol. The molecule has 2 amide bonds. The summed E-state index contributed by atoms with van der Waals surface area (Å²) in [7, 11) is 1.68. The van der Waals surface area contributed by atoms with Crippen molar-refractivity contribution in [3.8, 4) is 0 Å². The molecule has 0 heterocycles. The molecule has 4 heteroatoms. The molecule has 0 aliphatic rings. The lowest BCUT2D eigenvalue weighted by molar-refractivity contribution is 0.0894. The first kappa shape index (κ1) is 15.1. The van der Waals surface area contributed by atoms with Crippen LogP contribution in [0.2, 0.25) is 0 Å². The van der Waals surface area contributed by atoms with Gasteiger partial charge < -0.3 is 15.3 Å². The average molecular weight is 284 g/mol. The Morgan fingerprint density at radius 1 is 1.05 bits per heavy atom. The first-order valence-electron chi connectivity index (χ1n) is 6.91. The number of hydrogen-bond donors (Lipinski definition) is 2. The molecule has 0 bridgehead atoms. The van der Waals surface area contributed by atoms with Gasteiger partial charge in [0.25, 0.3) is 0 Å². The van der Waals surface area contributed by atoms with Crippen molar-refractivity contribution in [2.24, 2.45) is 0 Å². The minimum absolute atomic E-state index is 0.247. The highest BCUT2D eigenvalue weighted by Crippen LogP contribution is 2.20. The molecule has 0 fully saturated rings. The zero-order valence-electron chi connectivity index (χ0n) is 12.2. The van der Waals surface area contributed by atoms with E-state index < -0.39 is 6.10 Å². The zero-order chi connectivity index (χ0) is 15.2. The van der Waals surface area contributed by atoms with Gasteiger partial charge in [0.1, 0.15) is 0 Å². The molecule has 0 aliphatic carbocycles. The van der Waals surface area contributed by atoms with Crippen molar-refractivity contribution in [1.82, 2.24) is 4.90 Å². The van der Waals surface area contributed by atoms with Crippen molar-refractivity contribution in [3.63, 3.8) is 0 Å². The maximum Gasteiger partial charge on any atom is 0.321 e. The quantitative estimate of drug-likeness (QED) is 0.905. The lowest BCUT2D eigenvalue weighted by Crippen LogP contribution is -2.41. The van der Waals surface area contributed by atoms with Gasteiger partial charge in [0.2, 0.25) is 0 Å². The van der Waals surface area contributed by atoms with Gasteiger partial charge in [0.05, 0.1) is 12.1 Å². The molecule has 0 radical (unpaired) electrons. The molecule has 0 aromatic heterocycles. The van der Waals surface area contributed by atoms with Gasteiger partial charge in [0, 0.05) is 12.7 Å². The van der Waals surface area contributed by atoms with E-state index in [0.29, 0.717) is 0 Å². The fraction of sp³-hybridized carbons (Fsp3) is 0.235. The Kier molecular flexibility index (Phi) is 4.95. The predicted octanol–water partition coefficient (Wildman–Crippen LogP) is 3.27. The van der Waals surface area contributed by atoms with Crippen molar-refractivity contribution in [2.45, 2.75) is 19.1 Å². The lowest BCUT2D eigenvalue weighted by atomic mass is 10.0. The fourth-order valence-electron chi connectivity index (χ4n) is 2.06. The summed E-state index contributed by atoms with van der Waals surface area (Å²) >= 11 is 0. The molecule has 0 saturated carbocycles. The number of benzene rings is 2. The maximum atomic E-state index is 12.2. The van der Waals surface area contributed by atoms with E-state index in [0.717, 1.165) is 11.3 Å². The summed E-state index contributed by atoms with van der Waals surface area (Å²) in [5.41, 5.74) is 1.53. The number of carbonyl (C=O) groups excluding carboxylic acids is 1. The van der Waals surface area contributed by atoms with Crippen LogP contribution in [0, 0.1) is 0 Å². The molecule has 2 rings (SSSR count). The van der Waals surface area contributed by atoms with Gasteiger partial charge in [-0.3, -0.25) is 0 Å². The summed E-state index contributed by atoms with van der Waals surface area (Å²) in [5, 5.41) is 13.2. The number of hydrogen-bond acceptors (Lipinski definition) is 2. The largest absolute Gasteiger partial charge is 0.386 e. The number of para-hydroxylation sites is 1. The molecule has 2 N–H and O–H groups in total. The zero-order valence-corrected chi connectivity index (χ0v) is 12.2. The topological polar surface area (TPSA) is 52.6 Å². The molecular weight excluding hydrogens is 264 g/mol. The van der Waals surface area contributed by atoms with Crippen LogP contribution < -0.4 is 5.32 Å². The summed E-state index contributed by atoms with van der Waals surface area (Å²) in [5.74, 6) is 0. The van der Waals surface area contributed by atoms with E-state index in [1.807, 2.05) is 67.6 Å². The molecule has 2 aromatic rings. The van der Waals surface area contributed by atoms with Crippen LogP contribution in [0.5, 0.6) is 0 Å². The molecule has 0 saturated heterocycles. The maximum absolute atomic E-state index is 12.2. The average Bonchev–Trinajstić information content (AvgIpc) is 2.54. The number of aliphatic hydroxyl groups is 1.